The molecule has 0 radical (unpaired) electrons. The lowest BCUT2D eigenvalue weighted by molar-refractivity contribution is 0.393. The fourth-order valence-corrected chi connectivity index (χ4v) is 2.18. The fourth-order valence-electron chi connectivity index (χ4n) is 2.18. The maximum atomic E-state index is 13.3. The standard InChI is InChI=1S/C17H14FNO3/c1-10-7-12(18)14(20)8-15(10)22-16-9-17(21-2)19-13-6-4-3-5-11(13)16/h3-9,20H,1-2H3. The molecule has 1 N–H and O–H groups in total. The molecule has 0 aliphatic rings. The maximum absolute atomic E-state index is 13.3. The topological polar surface area (TPSA) is 51.6 Å². The third-order valence-electron chi connectivity index (χ3n) is 3.33. The number of phenolic OH excluding ortho intramolecular Hbond substituents is 1. The molecule has 2 aromatic carbocycles. The zero-order chi connectivity index (χ0) is 15.7. The lowest BCUT2D eigenvalue weighted by atomic mass is 10.2. The second-order valence-electron chi connectivity index (χ2n) is 4.85. The fraction of sp³-hybridized carbons (Fsp3) is 0.118. The van der Waals surface area contributed by atoms with Crippen LogP contribution in [0.1, 0.15) is 5.56 Å². The number of aromatic nitrogens is 1. The van der Waals surface area contributed by atoms with Gasteiger partial charge in [-0.05, 0) is 30.7 Å². The summed E-state index contributed by atoms with van der Waals surface area (Å²) in [5, 5.41) is 10.3. The summed E-state index contributed by atoms with van der Waals surface area (Å²) in [6.45, 7) is 1.71. The number of benzene rings is 2. The first-order chi connectivity index (χ1) is 10.6. The second kappa shape index (κ2) is 5.52. The third kappa shape index (κ3) is 2.53. The summed E-state index contributed by atoms with van der Waals surface area (Å²) < 4.78 is 24.4. The van der Waals surface area contributed by atoms with Crippen molar-refractivity contribution >= 4 is 10.9 Å². The molecule has 5 heteroatoms. The van der Waals surface area contributed by atoms with E-state index in [9.17, 15) is 9.50 Å². The average molecular weight is 299 g/mol. The Hall–Kier alpha value is -2.82. The van der Waals surface area contributed by atoms with Crippen molar-refractivity contribution in [2.45, 2.75) is 6.92 Å². The number of para-hydroxylation sites is 1. The number of methoxy groups -OCH3 is 1. The van der Waals surface area contributed by atoms with E-state index in [0.29, 0.717) is 22.9 Å². The van der Waals surface area contributed by atoms with Crippen molar-refractivity contribution in [3.05, 3.63) is 53.8 Å². The molecule has 4 nitrogen and oxygen atoms in total. The minimum absolute atomic E-state index is 0.373. The van der Waals surface area contributed by atoms with Crippen LogP contribution in [-0.4, -0.2) is 17.2 Å². The minimum Gasteiger partial charge on any atom is -0.505 e. The van der Waals surface area contributed by atoms with Crippen molar-refractivity contribution in [3.63, 3.8) is 0 Å². The van der Waals surface area contributed by atoms with Gasteiger partial charge in [0.15, 0.2) is 11.6 Å². The Morgan fingerprint density at radius 3 is 2.64 bits per heavy atom. The average Bonchev–Trinajstić information content (AvgIpc) is 2.52. The predicted octanol–water partition coefficient (Wildman–Crippen LogP) is 4.19. The molecule has 0 aliphatic carbocycles. The summed E-state index contributed by atoms with van der Waals surface area (Å²) >= 11 is 0. The highest BCUT2D eigenvalue weighted by Crippen LogP contribution is 2.35. The monoisotopic (exact) mass is 299 g/mol. The molecule has 0 atom stereocenters. The molecule has 1 heterocycles. The molecule has 112 valence electrons. The summed E-state index contributed by atoms with van der Waals surface area (Å²) in [4.78, 5) is 4.34. The van der Waals surface area contributed by atoms with Gasteiger partial charge in [-0.3, -0.25) is 0 Å². The summed E-state index contributed by atoms with van der Waals surface area (Å²) in [6, 6.07) is 11.6. The van der Waals surface area contributed by atoms with Crippen LogP contribution in [0.15, 0.2) is 42.5 Å². The highest BCUT2D eigenvalue weighted by Gasteiger charge is 2.12. The number of fused-ring (bicyclic) bond motifs is 1. The number of nitrogens with zero attached hydrogens (tertiary/aromatic N) is 1. The molecule has 0 amide bonds. The van der Waals surface area contributed by atoms with Crippen LogP contribution in [0.3, 0.4) is 0 Å². The van der Waals surface area contributed by atoms with Gasteiger partial charge in [0, 0.05) is 17.5 Å². The van der Waals surface area contributed by atoms with Crippen LogP contribution < -0.4 is 9.47 Å². The van der Waals surface area contributed by atoms with Crippen molar-refractivity contribution in [2.75, 3.05) is 7.11 Å². The highest BCUT2D eigenvalue weighted by atomic mass is 19.1. The first-order valence-electron chi connectivity index (χ1n) is 6.69. The van der Waals surface area contributed by atoms with Gasteiger partial charge in [-0.2, -0.15) is 0 Å². The Morgan fingerprint density at radius 2 is 1.86 bits per heavy atom. The highest BCUT2D eigenvalue weighted by molar-refractivity contribution is 5.86. The number of hydrogen-bond donors (Lipinski definition) is 1. The molecule has 0 saturated carbocycles. The van der Waals surface area contributed by atoms with E-state index >= 15 is 0 Å². The molecule has 0 spiro atoms. The van der Waals surface area contributed by atoms with Crippen LogP contribution in [0.2, 0.25) is 0 Å². The van der Waals surface area contributed by atoms with Gasteiger partial charge in [0.25, 0.3) is 0 Å². The van der Waals surface area contributed by atoms with Crippen LogP contribution in [0.4, 0.5) is 4.39 Å². The first kappa shape index (κ1) is 14.1. The molecule has 3 aromatic rings. The normalized spacial score (nSPS) is 10.7. The van der Waals surface area contributed by atoms with Gasteiger partial charge in [0.2, 0.25) is 5.88 Å². The molecule has 0 saturated heterocycles. The number of ether oxygens (including phenoxy) is 2. The summed E-state index contributed by atoms with van der Waals surface area (Å²) in [6.07, 6.45) is 0. The molecule has 0 fully saturated rings. The van der Waals surface area contributed by atoms with Gasteiger partial charge >= 0.3 is 0 Å². The van der Waals surface area contributed by atoms with E-state index in [1.54, 1.807) is 13.0 Å². The molecule has 22 heavy (non-hydrogen) atoms. The van der Waals surface area contributed by atoms with E-state index in [2.05, 4.69) is 4.98 Å². The maximum Gasteiger partial charge on any atom is 0.217 e. The SMILES string of the molecule is COc1cc(Oc2cc(O)c(F)cc2C)c2ccccc2n1. The lowest BCUT2D eigenvalue weighted by Crippen LogP contribution is -1.94. The number of halogens is 1. The Morgan fingerprint density at radius 1 is 1.09 bits per heavy atom. The van der Waals surface area contributed by atoms with Gasteiger partial charge in [0.1, 0.15) is 11.5 Å². The van der Waals surface area contributed by atoms with Gasteiger partial charge in [-0.25, -0.2) is 9.37 Å². The zero-order valence-corrected chi connectivity index (χ0v) is 12.1. The van der Waals surface area contributed by atoms with Crippen molar-refractivity contribution in [3.8, 4) is 23.1 Å². The van der Waals surface area contributed by atoms with E-state index in [1.807, 2.05) is 24.3 Å². The van der Waals surface area contributed by atoms with Gasteiger partial charge < -0.3 is 14.6 Å². The number of aromatic hydroxyl groups is 1. The summed E-state index contributed by atoms with van der Waals surface area (Å²) in [7, 11) is 1.52. The third-order valence-corrected chi connectivity index (χ3v) is 3.33. The van der Waals surface area contributed by atoms with Crippen LogP contribution in [0.5, 0.6) is 23.1 Å². The summed E-state index contributed by atoms with van der Waals surface area (Å²) in [5.41, 5.74) is 1.30. The van der Waals surface area contributed by atoms with Gasteiger partial charge in [0.05, 0.1) is 12.6 Å². The summed E-state index contributed by atoms with van der Waals surface area (Å²) in [5.74, 6) is 0.180. The first-order valence-corrected chi connectivity index (χ1v) is 6.69. The molecule has 0 bridgehead atoms. The molecular formula is C17H14FNO3. The molecule has 0 aliphatic heterocycles. The van der Waals surface area contributed by atoms with Crippen LogP contribution in [0, 0.1) is 12.7 Å². The van der Waals surface area contributed by atoms with Crippen LogP contribution in [0.25, 0.3) is 10.9 Å². The smallest absolute Gasteiger partial charge is 0.217 e. The molecule has 3 rings (SSSR count). The molecular weight excluding hydrogens is 285 g/mol. The minimum atomic E-state index is -0.679. The molecule has 1 aromatic heterocycles. The second-order valence-corrected chi connectivity index (χ2v) is 4.85. The number of aryl methyl sites for hydroxylation is 1. The van der Waals surface area contributed by atoms with Gasteiger partial charge in [-0.15, -0.1) is 0 Å². The van der Waals surface area contributed by atoms with Crippen LogP contribution in [-0.2, 0) is 0 Å². The lowest BCUT2D eigenvalue weighted by Gasteiger charge is -2.13. The van der Waals surface area contributed by atoms with E-state index in [-0.39, 0.29) is 0 Å². The van der Waals surface area contributed by atoms with Crippen molar-refractivity contribution < 1.29 is 19.0 Å². The van der Waals surface area contributed by atoms with Gasteiger partial charge in [-0.1, -0.05) is 12.1 Å². The van der Waals surface area contributed by atoms with E-state index in [4.69, 9.17) is 9.47 Å². The van der Waals surface area contributed by atoms with Crippen molar-refractivity contribution in [1.29, 1.82) is 0 Å². The van der Waals surface area contributed by atoms with E-state index in [0.717, 1.165) is 10.9 Å². The van der Waals surface area contributed by atoms with E-state index < -0.39 is 11.6 Å². The van der Waals surface area contributed by atoms with E-state index in [1.165, 1.54) is 19.2 Å². The largest absolute Gasteiger partial charge is 0.505 e. The Balaban J connectivity index is 2.12. The number of rotatable bonds is 3. The van der Waals surface area contributed by atoms with Crippen molar-refractivity contribution in [2.24, 2.45) is 0 Å². The predicted molar refractivity (Wildman–Crippen MR) is 81.2 cm³/mol. The van der Waals surface area contributed by atoms with Crippen LogP contribution >= 0.6 is 0 Å². The Labute approximate surface area is 126 Å². The van der Waals surface area contributed by atoms with Crippen molar-refractivity contribution in [1.82, 2.24) is 4.98 Å². The number of phenols is 1. The molecule has 0 unspecified atom stereocenters. The quantitative estimate of drug-likeness (QED) is 0.788. The Kier molecular flexibility index (Phi) is 3.55. The Bertz CT molecular complexity index is 849. The number of hydrogen-bond acceptors (Lipinski definition) is 4. The number of pyridine rings is 1. The zero-order valence-electron chi connectivity index (χ0n) is 12.1.